The van der Waals surface area contributed by atoms with Gasteiger partial charge in [-0.1, -0.05) is 12.1 Å². The fourth-order valence-corrected chi connectivity index (χ4v) is 1.75. The lowest BCUT2D eigenvalue weighted by molar-refractivity contribution is -0.384. The number of hydrogen-bond donors (Lipinski definition) is 1. The van der Waals surface area contributed by atoms with Crippen LogP contribution >= 0.6 is 0 Å². The van der Waals surface area contributed by atoms with Crippen molar-refractivity contribution in [2.24, 2.45) is 10.7 Å². The van der Waals surface area contributed by atoms with Gasteiger partial charge in [0.1, 0.15) is 5.69 Å². The van der Waals surface area contributed by atoms with Crippen molar-refractivity contribution in [3.8, 4) is 0 Å². The summed E-state index contributed by atoms with van der Waals surface area (Å²) in [7, 11) is 0. The van der Waals surface area contributed by atoms with Gasteiger partial charge in [0.15, 0.2) is 0 Å². The molecule has 0 heterocycles. The van der Waals surface area contributed by atoms with Gasteiger partial charge in [-0.15, -0.1) is 4.99 Å². The molecule has 0 fully saturated rings. The molecule has 0 saturated heterocycles. The molecule has 10 nitrogen and oxygen atoms in total. The topological polar surface area (TPSA) is 137 Å². The molecule has 0 aromatic heterocycles. The minimum absolute atomic E-state index is 0.184. The Kier molecular flexibility index (Phi) is 6.85. The number of ether oxygens (including phenoxy) is 2. The average molecular weight is 352 g/mol. The SMILES string of the molecule is CC(C)OC(=O)/N=C(\N)N(C(=O)OC(C)C)c1ccccc1[N+](=O)[O-]. The summed E-state index contributed by atoms with van der Waals surface area (Å²) >= 11 is 0. The van der Waals surface area contributed by atoms with E-state index < -0.39 is 41.0 Å². The molecule has 0 saturated carbocycles. The molecule has 0 unspecified atom stereocenters. The summed E-state index contributed by atoms with van der Waals surface area (Å²) in [6, 6.07) is 5.37. The first-order valence-corrected chi connectivity index (χ1v) is 7.42. The smallest absolute Gasteiger partial charge is 0.437 e. The zero-order chi connectivity index (χ0) is 19.1. The molecule has 2 amide bonds. The number of carbonyl (C=O) groups is 2. The van der Waals surface area contributed by atoms with Crippen LogP contribution in [0.4, 0.5) is 21.0 Å². The molecule has 0 spiro atoms. The molecule has 0 bridgehead atoms. The molecule has 0 radical (unpaired) electrons. The van der Waals surface area contributed by atoms with E-state index in [1.54, 1.807) is 27.7 Å². The maximum absolute atomic E-state index is 12.3. The second kappa shape index (κ2) is 8.62. The quantitative estimate of drug-likeness (QED) is 0.380. The van der Waals surface area contributed by atoms with E-state index in [1.807, 2.05) is 0 Å². The van der Waals surface area contributed by atoms with Crippen molar-refractivity contribution in [2.45, 2.75) is 39.9 Å². The van der Waals surface area contributed by atoms with Crippen LogP contribution in [0.2, 0.25) is 0 Å². The third kappa shape index (κ3) is 5.75. The normalized spacial score (nSPS) is 11.4. The maximum atomic E-state index is 12.3. The standard InChI is InChI=1S/C15H20N4O6/c1-9(2)24-14(20)17-13(16)18(15(21)25-10(3)4)11-7-5-6-8-12(11)19(22)23/h5-10H,1-4H3,(H2,16,17,20). The summed E-state index contributed by atoms with van der Waals surface area (Å²) in [5.41, 5.74) is 5.14. The summed E-state index contributed by atoms with van der Waals surface area (Å²) in [6.45, 7) is 6.40. The van der Waals surface area contributed by atoms with E-state index in [0.29, 0.717) is 4.90 Å². The van der Waals surface area contributed by atoms with E-state index >= 15 is 0 Å². The number of carbonyl (C=O) groups excluding carboxylic acids is 2. The van der Waals surface area contributed by atoms with Crippen molar-refractivity contribution in [1.82, 2.24) is 0 Å². The van der Waals surface area contributed by atoms with Crippen molar-refractivity contribution in [3.05, 3.63) is 34.4 Å². The van der Waals surface area contributed by atoms with Gasteiger partial charge in [-0.05, 0) is 33.8 Å². The number of hydrogen-bond acceptors (Lipinski definition) is 6. The molecule has 1 aromatic rings. The lowest BCUT2D eigenvalue weighted by Crippen LogP contribution is -2.44. The van der Waals surface area contributed by atoms with Gasteiger partial charge < -0.3 is 15.2 Å². The largest absolute Gasteiger partial charge is 0.446 e. The van der Waals surface area contributed by atoms with Crippen molar-refractivity contribution < 1.29 is 24.0 Å². The van der Waals surface area contributed by atoms with Gasteiger partial charge in [-0.3, -0.25) is 10.1 Å². The first-order valence-electron chi connectivity index (χ1n) is 7.42. The van der Waals surface area contributed by atoms with Crippen LogP contribution in [0.5, 0.6) is 0 Å². The first kappa shape index (κ1) is 19.9. The minimum Gasteiger partial charge on any atom is -0.446 e. The van der Waals surface area contributed by atoms with Crippen LogP contribution in [-0.2, 0) is 9.47 Å². The van der Waals surface area contributed by atoms with Gasteiger partial charge in [-0.2, -0.15) is 0 Å². The predicted octanol–water partition coefficient (Wildman–Crippen LogP) is 2.81. The van der Waals surface area contributed by atoms with Gasteiger partial charge in [-0.25, -0.2) is 14.5 Å². The predicted molar refractivity (Wildman–Crippen MR) is 90.4 cm³/mol. The first-order chi connectivity index (χ1) is 11.6. The van der Waals surface area contributed by atoms with E-state index in [2.05, 4.69) is 4.99 Å². The molecular weight excluding hydrogens is 332 g/mol. The highest BCUT2D eigenvalue weighted by Crippen LogP contribution is 2.28. The Balaban J connectivity index is 3.36. The van der Waals surface area contributed by atoms with Crippen LogP contribution in [0, 0.1) is 10.1 Å². The third-order valence-electron chi connectivity index (χ3n) is 2.61. The number of amides is 2. The fourth-order valence-electron chi connectivity index (χ4n) is 1.75. The third-order valence-corrected chi connectivity index (χ3v) is 2.61. The molecule has 136 valence electrons. The molecule has 0 atom stereocenters. The average Bonchev–Trinajstić information content (AvgIpc) is 2.45. The van der Waals surface area contributed by atoms with Gasteiger partial charge >= 0.3 is 12.2 Å². The zero-order valence-corrected chi connectivity index (χ0v) is 14.3. The van der Waals surface area contributed by atoms with E-state index in [9.17, 15) is 19.7 Å². The molecule has 1 rings (SSSR count). The maximum Gasteiger partial charge on any atom is 0.437 e. The second-order valence-electron chi connectivity index (χ2n) is 5.42. The summed E-state index contributed by atoms with van der Waals surface area (Å²) < 4.78 is 9.86. The summed E-state index contributed by atoms with van der Waals surface area (Å²) in [6.07, 6.45) is -3.02. The van der Waals surface area contributed by atoms with E-state index in [0.717, 1.165) is 0 Å². The van der Waals surface area contributed by atoms with Crippen molar-refractivity contribution in [2.75, 3.05) is 4.90 Å². The number of aliphatic imine (C=N–C) groups is 1. The molecular formula is C15H20N4O6. The van der Waals surface area contributed by atoms with Gasteiger partial charge in [0.25, 0.3) is 5.69 Å². The van der Waals surface area contributed by atoms with Gasteiger partial charge in [0.05, 0.1) is 17.1 Å². The summed E-state index contributed by atoms with van der Waals surface area (Å²) in [4.78, 5) is 38.6. The number of guanidine groups is 1. The number of rotatable bonds is 4. The Morgan fingerprint density at radius 1 is 1.16 bits per heavy atom. The number of para-hydroxylation sites is 2. The molecule has 2 N–H and O–H groups in total. The van der Waals surface area contributed by atoms with Gasteiger partial charge in [0, 0.05) is 6.07 Å². The zero-order valence-electron chi connectivity index (χ0n) is 14.3. The Morgan fingerprint density at radius 2 is 1.72 bits per heavy atom. The van der Waals surface area contributed by atoms with Crippen LogP contribution in [0.3, 0.4) is 0 Å². The summed E-state index contributed by atoms with van der Waals surface area (Å²) in [5, 5.41) is 11.2. The fraction of sp³-hybridized carbons (Fsp3) is 0.400. The minimum atomic E-state index is -1.03. The summed E-state index contributed by atoms with van der Waals surface area (Å²) in [5.74, 6) is -0.606. The highest BCUT2D eigenvalue weighted by molar-refractivity contribution is 6.16. The van der Waals surface area contributed by atoms with Gasteiger partial charge in [0.2, 0.25) is 5.96 Å². The Labute approximate surface area is 144 Å². The lowest BCUT2D eigenvalue weighted by Gasteiger charge is -2.22. The Hall–Kier alpha value is -3.17. The van der Waals surface area contributed by atoms with Crippen LogP contribution in [-0.4, -0.2) is 35.3 Å². The van der Waals surface area contributed by atoms with E-state index in [4.69, 9.17) is 15.2 Å². The molecule has 1 aromatic carbocycles. The van der Waals surface area contributed by atoms with Crippen LogP contribution < -0.4 is 10.6 Å². The number of nitrogens with two attached hydrogens (primary N) is 1. The molecule has 25 heavy (non-hydrogen) atoms. The van der Waals surface area contributed by atoms with Crippen LogP contribution in [0.1, 0.15) is 27.7 Å². The lowest BCUT2D eigenvalue weighted by atomic mass is 10.2. The molecule has 10 heteroatoms. The molecule has 0 aliphatic rings. The van der Waals surface area contributed by atoms with Crippen LogP contribution in [0.25, 0.3) is 0 Å². The second-order valence-corrected chi connectivity index (χ2v) is 5.42. The monoisotopic (exact) mass is 352 g/mol. The number of nitrogens with zero attached hydrogens (tertiary/aromatic N) is 3. The van der Waals surface area contributed by atoms with E-state index in [-0.39, 0.29) is 5.69 Å². The highest BCUT2D eigenvalue weighted by atomic mass is 16.6. The number of benzene rings is 1. The van der Waals surface area contributed by atoms with E-state index in [1.165, 1.54) is 24.3 Å². The number of nitro groups is 1. The number of anilines is 1. The van der Waals surface area contributed by atoms with Crippen molar-refractivity contribution >= 4 is 29.5 Å². The Morgan fingerprint density at radius 3 is 2.24 bits per heavy atom. The van der Waals surface area contributed by atoms with Crippen molar-refractivity contribution in [1.29, 1.82) is 0 Å². The van der Waals surface area contributed by atoms with Crippen molar-refractivity contribution in [3.63, 3.8) is 0 Å². The highest BCUT2D eigenvalue weighted by Gasteiger charge is 2.29. The molecule has 0 aliphatic heterocycles. The molecule has 0 aliphatic carbocycles. The number of nitro benzene ring substituents is 1. The van der Waals surface area contributed by atoms with Crippen LogP contribution in [0.15, 0.2) is 29.3 Å². The Bertz CT molecular complexity index is 686.